The quantitative estimate of drug-likeness (QED) is 0.636. The molecule has 0 aliphatic carbocycles. The minimum Gasteiger partial charge on any atom is -0.399 e. The van der Waals surface area contributed by atoms with Gasteiger partial charge in [0, 0.05) is 23.8 Å². The molecule has 1 aromatic heterocycles. The molecule has 1 heterocycles. The number of fused-ring (bicyclic) bond motifs is 1. The molecule has 80 valence electrons. The molecular weight excluding hydrogens is 206 g/mol. The molecule has 3 nitrogen and oxygen atoms in total. The van der Waals surface area contributed by atoms with Crippen LogP contribution in [0.15, 0.2) is 24.4 Å². The first-order valence-electron chi connectivity index (χ1n) is 5.01. The van der Waals surface area contributed by atoms with Gasteiger partial charge < -0.3 is 5.73 Å². The van der Waals surface area contributed by atoms with Gasteiger partial charge in [-0.05, 0) is 36.6 Å². The second-order valence-corrected chi connectivity index (χ2v) is 4.54. The molecule has 0 amide bonds. The van der Waals surface area contributed by atoms with Crippen molar-refractivity contribution in [2.75, 3.05) is 17.7 Å². The third-order valence-electron chi connectivity index (χ3n) is 2.31. The molecule has 0 spiro atoms. The van der Waals surface area contributed by atoms with Gasteiger partial charge in [0.25, 0.3) is 0 Å². The van der Waals surface area contributed by atoms with Gasteiger partial charge in [-0.1, -0.05) is 0 Å². The number of thioether (sulfide) groups is 1. The van der Waals surface area contributed by atoms with E-state index >= 15 is 0 Å². The summed E-state index contributed by atoms with van der Waals surface area (Å²) in [6.45, 7) is 0.982. The van der Waals surface area contributed by atoms with Crippen molar-refractivity contribution in [3.63, 3.8) is 0 Å². The molecule has 0 radical (unpaired) electrons. The van der Waals surface area contributed by atoms with E-state index in [1.165, 1.54) is 5.75 Å². The van der Waals surface area contributed by atoms with Crippen molar-refractivity contribution >= 4 is 28.4 Å². The first kappa shape index (κ1) is 10.4. The summed E-state index contributed by atoms with van der Waals surface area (Å²) in [5.74, 6) is 1.18. The Morgan fingerprint density at radius 1 is 1.47 bits per heavy atom. The minimum atomic E-state index is 0.775. The molecule has 0 atom stereocenters. The number of aromatic nitrogens is 2. The van der Waals surface area contributed by atoms with Gasteiger partial charge in [-0.2, -0.15) is 16.9 Å². The van der Waals surface area contributed by atoms with Crippen LogP contribution in [0.3, 0.4) is 0 Å². The summed E-state index contributed by atoms with van der Waals surface area (Å²) < 4.78 is 2.00. The fourth-order valence-electron chi connectivity index (χ4n) is 1.57. The lowest BCUT2D eigenvalue weighted by Gasteiger charge is -1.98. The summed E-state index contributed by atoms with van der Waals surface area (Å²) in [6, 6.07) is 5.85. The average Bonchev–Trinajstić information content (AvgIpc) is 2.60. The van der Waals surface area contributed by atoms with Crippen molar-refractivity contribution in [1.29, 1.82) is 0 Å². The molecule has 0 aliphatic heterocycles. The minimum absolute atomic E-state index is 0.775. The van der Waals surface area contributed by atoms with Crippen LogP contribution >= 0.6 is 11.8 Å². The van der Waals surface area contributed by atoms with Crippen LogP contribution in [0.5, 0.6) is 0 Å². The fourth-order valence-corrected chi connectivity index (χ4v) is 1.99. The molecule has 0 aliphatic rings. The molecule has 4 heteroatoms. The Hall–Kier alpha value is -1.16. The smallest absolute Gasteiger partial charge is 0.0943 e. The monoisotopic (exact) mass is 221 g/mol. The van der Waals surface area contributed by atoms with E-state index in [4.69, 9.17) is 5.73 Å². The van der Waals surface area contributed by atoms with E-state index in [0.29, 0.717) is 0 Å². The molecule has 0 saturated carbocycles. The maximum Gasteiger partial charge on any atom is 0.0943 e. The van der Waals surface area contributed by atoms with Crippen LogP contribution in [0.4, 0.5) is 5.69 Å². The van der Waals surface area contributed by atoms with E-state index in [0.717, 1.165) is 29.6 Å². The van der Waals surface area contributed by atoms with Gasteiger partial charge in [0.1, 0.15) is 0 Å². The van der Waals surface area contributed by atoms with Crippen LogP contribution in [-0.4, -0.2) is 21.8 Å². The summed E-state index contributed by atoms with van der Waals surface area (Å²) >= 11 is 1.87. The first-order chi connectivity index (χ1) is 7.29. The van der Waals surface area contributed by atoms with E-state index in [-0.39, 0.29) is 0 Å². The second kappa shape index (κ2) is 4.57. The summed E-state index contributed by atoms with van der Waals surface area (Å²) in [4.78, 5) is 0. The van der Waals surface area contributed by atoms with E-state index in [2.05, 4.69) is 17.6 Å². The highest BCUT2D eigenvalue weighted by Gasteiger charge is 2.00. The normalized spacial score (nSPS) is 11.0. The number of rotatable bonds is 4. The summed E-state index contributed by atoms with van der Waals surface area (Å²) in [5.41, 5.74) is 7.46. The molecule has 1 aromatic carbocycles. The average molecular weight is 221 g/mol. The van der Waals surface area contributed by atoms with Gasteiger partial charge in [-0.3, -0.25) is 4.68 Å². The third-order valence-corrected chi connectivity index (χ3v) is 3.01. The van der Waals surface area contributed by atoms with Crippen molar-refractivity contribution in [2.24, 2.45) is 0 Å². The van der Waals surface area contributed by atoms with E-state index < -0.39 is 0 Å². The van der Waals surface area contributed by atoms with E-state index in [1.807, 2.05) is 34.6 Å². The largest absolute Gasteiger partial charge is 0.399 e. The van der Waals surface area contributed by atoms with Crippen molar-refractivity contribution in [3.05, 3.63) is 24.4 Å². The van der Waals surface area contributed by atoms with Gasteiger partial charge in [-0.15, -0.1) is 0 Å². The molecule has 2 rings (SSSR count). The molecule has 0 fully saturated rings. The number of nitrogen functional groups attached to an aromatic ring is 1. The highest BCUT2D eigenvalue weighted by Crippen LogP contribution is 2.15. The number of aryl methyl sites for hydroxylation is 1. The molecule has 2 N–H and O–H groups in total. The highest BCUT2D eigenvalue weighted by atomic mass is 32.2. The predicted octanol–water partition coefficient (Wildman–Crippen LogP) is 2.37. The lowest BCUT2D eigenvalue weighted by atomic mass is 10.2. The summed E-state index contributed by atoms with van der Waals surface area (Å²) in [5, 5.41) is 5.63. The third kappa shape index (κ3) is 2.45. The van der Waals surface area contributed by atoms with Gasteiger partial charge in [0.15, 0.2) is 0 Å². The van der Waals surface area contributed by atoms with Gasteiger partial charge >= 0.3 is 0 Å². The number of nitrogens with zero attached hydrogens (tertiary/aromatic N) is 2. The molecule has 2 aromatic rings. The molecule has 15 heavy (non-hydrogen) atoms. The van der Waals surface area contributed by atoms with Crippen molar-refractivity contribution in [1.82, 2.24) is 9.78 Å². The topological polar surface area (TPSA) is 43.8 Å². The van der Waals surface area contributed by atoms with Gasteiger partial charge in [0.2, 0.25) is 0 Å². The zero-order chi connectivity index (χ0) is 10.7. The first-order valence-corrected chi connectivity index (χ1v) is 6.40. The van der Waals surface area contributed by atoms with Crippen molar-refractivity contribution in [3.8, 4) is 0 Å². The lowest BCUT2D eigenvalue weighted by molar-refractivity contribution is 0.612. The van der Waals surface area contributed by atoms with E-state index in [1.54, 1.807) is 0 Å². The molecule has 0 bridgehead atoms. The Balaban J connectivity index is 2.16. The van der Waals surface area contributed by atoms with Crippen LogP contribution < -0.4 is 5.73 Å². The Morgan fingerprint density at radius 3 is 3.13 bits per heavy atom. The summed E-state index contributed by atoms with van der Waals surface area (Å²) in [6.07, 6.45) is 5.36. The van der Waals surface area contributed by atoms with Crippen LogP contribution in [0.25, 0.3) is 10.9 Å². The van der Waals surface area contributed by atoms with Crippen molar-refractivity contribution in [2.45, 2.75) is 13.0 Å². The predicted molar refractivity (Wildman–Crippen MR) is 67.1 cm³/mol. The van der Waals surface area contributed by atoms with Crippen LogP contribution in [0.2, 0.25) is 0 Å². The van der Waals surface area contributed by atoms with Gasteiger partial charge in [-0.25, -0.2) is 0 Å². The Labute approximate surface area is 93.6 Å². The molecule has 0 saturated heterocycles. The number of hydrogen-bond donors (Lipinski definition) is 1. The summed E-state index contributed by atoms with van der Waals surface area (Å²) in [7, 11) is 0. The number of hydrogen-bond acceptors (Lipinski definition) is 3. The maximum atomic E-state index is 5.70. The van der Waals surface area contributed by atoms with Crippen LogP contribution in [0.1, 0.15) is 6.42 Å². The van der Waals surface area contributed by atoms with Crippen LogP contribution in [0, 0.1) is 0 Å². The zero-order valence-electron chi connectivity index (χ0n) is 8.81. The second-order valence-electron chi connectivity index (χ2n) is 3.56. The van der Waals surface area contributed by atoms with Crippen LogP contribution in [-0.2, 0) is 6.54 Å². The van der Waals surface area contributed by atoms with E-state index in [9.17, 15) is 0 Å². The zero-order valence-corrected chi connectivity index (χ0v) is 9.63. The lowest BCUT2D eigenvalue weighted by Crippen LogP contribution is -1.98. The van der Waals surface area contributed by atoms with Gasteiger partial charge in [0.05, 0.1) is 5.52 Å². The number of anilines is 1. The fraction of sp³-hybridized carbons (Fsp3) is 0.364. The Kier molecular flexibility index (Phi) is 3.16. The molecular formula is C11H15N3S. The number of benzene rings is 1. The SMILES string of the molecule is CSCCCn1cc2ccc(N)cc2n1. The number of nitrogens with two attached hydrogens (primary N) is 1. The Morgan fingerprint density at radius 2 is 2.33 bits per heavy atom. The van der Waals surface area contributed by atoms with Crippen molar-refractivity contribution < 1.29 is 0 Å². The molecule has 0 unspecified atom stereocenters. The highest BCUT2D eigenvalue weighted by molar-refractivity contribution is 7.98. The Bertz CT molecular complexity index is 450. The standard InChI is InChI=1S/C11H15N3S/c1-15-6-2-5-14-8-9-3-4-10(12)7-11(9)13-14/h3-4,7-8H,2,5-6,12H2,1H3. The maximum absolute atomic E-state index is 5.70.